The summed E-state index contributed by atoms with van der Waals surface area (Å²) in [5, 5.41) is 8.84. The third kappa shape index (κ3) is 6.06. The summed E-state index contributed by atoms with van der Waals surface area (Å²) in [5.74, 6) is -1.19. The van der Waals surface area contributed by atoms with Gasteiger partial charge in [0.25, 0.3) is 5.91 Å². The van der Waals surface area contributed by atoms with Gasteiger partial charge in [-0.25, -0.2) is 8.78 Å². The molecule has 0 aliphatic carbocycles. The van der Waals surface area contributed by atoms with E-state index in [1.165, 1.54) is 6.07 Å². The molecule has 0 saturated carbocycles. The van der Waals surface area contributed by atoms with Crippen LogP contribution in [0.5, 0.6) is 0 Å². The van der Waals surface area contributed by atoms with Gasteiger partial charge < -0.3 is 16.0 Å². The maximum absolute atomic E-state index is 13.6. The Morgan fingerprint density at radius 3 is 2.44 bits per heavy atom. The summed E-state index contributed by atoms with van der Waals surface area (Å²) in [4.78, 5) is 15.8. The van der Waals surface area contributed by atoms with Crippen molar-refractivity contribution in [3.63, 3.8) is 0 Å². The van der Waals surface area contributed by atoms with Crippen molar-refractivity contribution in [3.8, 4) is 0 Å². The highest BCUT2D eigenvalue weighted by atomic mass is 19.2. The van der Waals surface area contributed by atoms with Crippen LogP contribution < -0.4 is 16.0 Å². The van der Waals surface area contributed by atoms with Crippen molar-refractivity contribution >= 4 is 11.9 Å². The van der Waals surface area contributed by atoms with Crippen molar-refractivity contribution in [1.82, 2.24) is 16.0 Å². The third-order valence-corrected chi connectivity index (χ3v) is 4.06. The monoisotopic (exact) mass is 374 g/mol. The molecule has 3 N–H and O–H groups in total. The highest BCUT2D eigenvalue weighted by Gasteiger charge is 2.07. The third-order valence-electron chi connectivity index (χ3n) is 4.06. The zero-order valence-electron chi connectivity index (χ0n) is 15.5. The maximum atomic E-state index is 13.6. The molecule has 0 aliphatic heterocycles. The smallest absolute Gasteiger partial charge is 0.251 e. The molecule has 2 aromatic rings. The van der Waals surface area contributed by atoms with Crippen LogP contribution in [0.3, 0.4) is 0 Å². The highest BCUT2D eigenvalue weighted by Crippen LogP contribution is 2.11. The van der Waals surface area contributed by atoms with E-state index in [2.05, 4.69) is 20.9 Å². The quantitative estimate of drug-likeness (QED) is 0.515. The van der Waals surface area contributed by atoms with Crippen molar-refractivity contribution in [1.29, 1.82) is 0 Å². The van der Waals surface area contributed by atoms with E-state index in [1.54, 1.807) is 26.2 Å². The number of aliphatic imine (C=N–C) groups is 1. The Labute approximate surface area is 157 Å². The fourth-order valence-corrected chi connectivity index (χ4v) is 2.62. The second-order valence-electron chi connectivity index (χ2n) is 5.92. The molecule has 7 heteroatoms. The van der Waals surface area contributed by atoms with Gasteiger partial charge in [-0.05, 0) is 42.2 Å². The average Bonchev–Trinajstić information content (AvgIpc) is 2.69. The summed E-state index contributed by atoms with van der Waals surface area (Å²) >= 11 is 0. The molecule has 0 atom stereocenters. The topological polar surface area (TPSA) is 65.5 Å². The first-order chi connectivity index (χ1) is 13.0. The van der Waals surface area contributed by atoms with Crippen LogP contribution in [0.1, 0.15) is 21.5 Å². The minimum absolute atomic E-state index is 0.119. The Kier molecular flexibility index (Phi) is 7.73. The van der Waals surface area contributed by atoms with Crippen molar-refractivity contribution in [3.05, 3.63) is 70.8 Å². The largest absolute Gasteiger partial charge is 0.356 e. The number of nitrogens with zero attached hydrogens (tertiary/aromatic N) is 1. The van der Waals surface area contributed by atoms with Gasteiger partial charge in [-0.2, -0.15) is 0 Å². The second kappa shape index (κ2) is 10.3. The van der Waals surface area contributed by atoms with Gasteiger partial charge in [0.2, 0.25) is 0 Å². The molecule has 0 aromatic heterocycles. The maximum Gasteiger partial charge on any atom is 0.251 e. The Morgan fingerprint density at radius 1 is 1.04 bits per heavy atom. The van der Waals surface area contributed by atoms with Gasteiger partial charge in [-0.3, -0.25) is 9.79 Å². The van der Waals surface area contributed by atoms with Crippen LogP contribution in [0.4, 0.5) is 8.78 Å². The lowest BCUT2D eigenvalue weighted by Crippen LogP contribution is -2.39. The zero-order valence-corrected chi connectivity index (χ0v) is 15.5. The Hall–Kier alpha value is -2.96. The molecule has 0 radical (unpaired) electrons. The molecule has 2 aromatic carbocycles. The molecule has 5 nitrogen and oxygen atoms in total. The summed E-state index contributed by atoms with van der Waals surface area (Å²) < 4.78 is 26.8. The molecular formula is C20H24F2N4O. The first kappa shape index (κ1) is 20.4. The molecule has 1 amide bonds. The number of carbonyl (C=O) groups is 1. The van der Waals surface area contributed by atoms with Crippen molar-refractivity contribution in [2.24, 2.45) is 4.99 Å². The Morgan fingerprint density at radius 2 is 1.74 bits per heavy atom. The molecule has 2 rings (SSSR count). The van der Waals surface area contributed by atoms with Gasteiger partial charge in [0.1, 0.15) is 0 Å². The standard InChI is InChI=1S/C20H24F2N4O/c1-23-19(27)16-7-3-5-14(13-16)9-11-25-20(24-2)26-12-10-15-6-4-8-17(21)18(15)22/h3-8,13H,9-12H2,1-2H3,(H,23,27)(H2,24,25,26). The molecule has 0 aliphatic rings. The van der Waals surface area contributed by atoms with E-state index in [0.29, 0.717) is 43.0 Å². The normalized spacial score (nSPS) is 11.2. The Balaban J connectivity index is 1.79. The van der Waals surface area contributed by atoms with Gasteiger partial charge in [0.05, 0.1) is 0 Å². The predicted octanol–water partition coefficient (Wildman–Crippen LogP) is 2.27. The minimum atomic E-state index is -0.839. The summed E-state index contributed by atoms with van der Waals surface area (Å²) in [7, 11) is 3.24. The number of rotatable bonds is 7. The molecule has 0 bridgehead atoms. The SMILES string of the molecule is CN=C(NCCc1cccc(C(=O)NC)c1)NCCc1cccc(F)c1F. The van der Waals surface area contributed by atoms with Crippen LogP contribution in [-0.4, -0.2) is 39.1 Å². The van der Waals surface area contributed by atoms with Gasteiger partial charge >= 0.3 is 0 Å². The van der Waals surface area contributed by atoms with Crippen LogP contribution in [0.25, 0.3) is 0 Å². The van der Waals surface area contributed by atoms with Crippen molar-refractivity contribution < 1.29 is 13.6 Å². The Bertz CT molecular complexity index is 808. The van der Waals surface area contributed by atoms with Crippen molar-refractivity contribution in [2.75, 3.05) is 27.2 Å². The molecule has 0 unspecified atom stereocenters. The van der Waals surface area contributed by atoms with Crippen LogP contribution in [-0.2, 0) is 12.8 Å². The number of carbonyl (C=O) groups excluding carboxylic acids is 1. The van der Waals surface area contributed by atoms with Crippen LogP contribution in [0.2, 0.25) is 0 Å². The van der Waals surface area contributed by atoms with Gasteiger partial charge in [-0.1, -0.05) is 24.3 Å². The van der Waals surface area contributed by atoms with Crippen LogP contribution in [0, 0.1) is 11.6 Å². The average molecular weight is 374 g/mol. The van der Waals surface area contributed by atoms with Gasteiger partial charge in [0, 0.05) is 32.7 Å². The summed E-state index contributed by atoms with van der Waals surface area (Å²) in [5.41, 5.74) is 1.97. The number of guanidine groups is 1. The lowest BCUT2D eigenvalue weighted by Gasteiger charge is -2.12. The summed E-state index contributed by atoms with van der Waals surface area (Å²) in [6.07, 6.45) is 1.06. The summed E-state index contributed by atoms with van der Waals surface area (Å²) in [6, 6.07) is 11.6. The number of amides is 1. The van der Waals surface area contributed by atoms with E-state index in [9.17, 15) is 13.6 Å². The van der Waals surface area contributed by atoms with E-state index < -0.39 is 11.6 Å². The first-order valence-electron chi connectivity index (χ1n) is 8.73. The van der Waals surface area contributed by atoms with E-state index in [1.807, 2.05) is 18.2 Å². The number of benzene rings is 2. The number of halogens is 2. The fourth-order valence-electron chi connectivity index (χ4n) is 2.62. The van der Waals surface area contributed by atoms with Crippen molar-refractivity contribution in [2.45, 2.75) is 12.8 Å². The second-order valence-corrected chi connectivity index (χ2v) is 5.92. The fraction of sp³-hybridized carbons (Fsp3) is 0.300. The lowest BCUT2D eigenvalue weighted by molar-refractivity contribution is 0.0963. The van der Waals surface area contributed by atoms with Gasteiger partial charge in [0.15, 0.2) is 17.6 Å². The van der Waals surface area contributed by atoms with E-state index in [0.717, 1.165) is 11.6 Å². The van der Waals surface area contributed by atoms with E-state index in [4.69, 9.17) is 0 Å². The number of nitrogens with one attached hydrogen (secondary N) is 3. The molecule has 0 spiro atoms. The molecule has 144 valence electrons. The summed E-state index contributed by atoms with van der Waals surface area (Å²) in [6.45, 7) is 1.04. The highest BCUT2D eigenvalue weighted by molar-refractivity contribution is 5.94. The van der Waals surface area contributed by atoms with Gasteiger partial charge in [-0.15, -0.1) is 0 Å². The lowest BCUT2D eigenvalue weighted by atomic mass is 10.1. The predicted molar refractivity (Wildman–Crippen MR) is 103 cm³/mol. The molecule has 27 heavy (non-hydrogen) atoms. The molecular weight excluding hydrogens is 350 g/mol. The molecule has 0 fully saturated rings. The number of hydrogen-bond acceptors (Lipinski definition) is 2. The molecule has 0 heterocycles. The van der Waals surface area contributed by atoms with Crippen LogP contribution in [0.15, 0.2) is 47.5 Å². The van der Waals surface area contributed by atoms with E-state index >= 15 is 0 Å². The number of hydrogen-bond donors (Lipinski definition) is 3. The molecule has 0 saturated heterocycles. The minimum Gasteiger partial charge on any atom is -0.356 e. The van der Waals surface area contributed by atoms with Crippen LogP contribution >= 0.6 is 0 Å². The zero-order chi connectivity index (χ0) is 19.6. The first-order valence-corrected chi connectivity index (χ1v) is 8.73. The van der Waals surface area contributed by atoms with E-state index in [-0.39, 0.29) is 5.91 Å².